The summed E-state index contributed by atoms with van der Waals surface area (Å²) in [5, 5.41) is 35.5. The fraction of sp³-hybridized carbons (Fsp3) is 0.740. The summed E-state index contributed by atoms with van der Waals surface area (Å²) < 4.78 is 0. The summed E-state index contributed by atoms with van der Waals surface area (Å²) in [6.45, 7) is 9.48. The molecule has 9 atom stereocenters. The Bertz CT molecular complexity index is 1760. The molecule has 0 spiro atoms. The van der Waals surface area contributed by atoms with Gasteiger partial charge < -0.3 is 52.3 Å². The topological polar surface area (TPSA) is 253 Å². The van der Waals surface area contributed by atoms with E-state index in [4.69, 9.17) is 5.73 Å². The number of phenols is 1. The van der Waals surface area contributed by atoms with Gasteiger partial charge in [-0.3, -0.25) is 33.6 Å². The monoisotopic (exact) mass is 939 g/mol. The van der Waals surface area contributed by atoms with Gasteiger partial charge in [0.25, 0.3) is 0 Å². The molecule has 3 fully saturated rings. The average Bonchev–Trinajstić information content (AvgIpc) is 4.02. The van der Waals surface area contributed by atoms with Crippen LogP contribution < -0.4 is 32.3 Å². The maximum atomic E-state index is 14.2. The van der Waals surface area contributed by atoms with E-state index in [1.807, 2.05) is 0 Å². The van der Waals surface area contributed by atoms with E-state index in [-0.39, 0.29) is 76.4 Å². The van der Waals surface area contributed by atoms with Crippen molar-refractivity contribution in [3.8, 4) is 5.75 Å². The summed E-state index contributed by atoms with van der Waals surface area (Å²) in [5.74, 6) is -2.26. The van der Waals surface area contributed by atoms with Crippen LogP contribution in [0.2, 0.25) is 0 Å². The molecule has 376 valence electrons. The number of carbonyl (C=O) groups excluding carboxylic acids is 7. The minimum atomic E-state index is -1.58. The number of nitrogens with zero attached hydrogens (tertiary/aromatic N) is 2. The van der Waals surface area contributed by atoms with Gasteiger partial charge in [0.1, 0.15) is 42.0 Å². The van der Waals surface area contributed by atoms with Gasteiger partial charge >= 0.3 is 0 Å². The van der Waals surface area contributed by atoms with Gasteiger partial charge in [-0.05, 0) is 107 Å². The summed E-state index contributed by atoms with van der Waals surface area (Å²) in [6.07, 6.45) is 11.3. The van der Waals surface area contributed by atoms with Gasteiger partial charge in [-0.25, -0.2) is 0 Å². The number of hydrogen-bond acceptors (Lipinski definition) is 10. The highest BCUT2D eigenvalue weighted by atomic mass is 16.3. The number of fused-ring (bicyclic) bond motifs is 2. The van der Waals surface area contributed by atoms with Gasteiger partial charge in [-0.15, -0.1) is 0 Å². The number of aromatic hydroxyl groups is 1. The molecule has 0 aromatic heterocycles. The number of rotatable bonds is 20. The molecule has 7 amide bonds. The van der Waals surface area contributed by atoms with Crippen LogP contribution in [0.4, 0.5) is 0 Å². The van der Waals surface area contributed by atoms with Gasteiger partial charge in [0.2, 0.25) is 41.4 Å². The molecular weight excluding hydrogens is 857 g/mol. The average molecular weight is 939 g/mol. The number of amides is 7. The van der Waals surface area contributed by atoms with Crippen molar-refractivity contribution in [3.63, 3.8) is 0 Å². The molecule has 0 unspecified atom stereocenters. The molecule has 1 aromatic rings. The molecule has 17 heteroatoms. The van der Waals surface area contributed by atoms with Crippen LogP contribution in [-0.2, 0) is 40.0 Å². The first-order chi connectivity index (χ1) is 32.2. The Morgan fingerprint density at radius 1 is 0.746 bits per heavy atom. The lowest BCUT2D eigenvalue weighted by atomic mass is 9.91. The van der Waals surface area contributed by atoms with Gasteiger partial charge in [0.15, 0.2) is 0 Å². The van der Waals surface area contributed by atoms with E-state index in [0.29, 0.717) is 44.1 Å². The van der Waals surface area contributed by atoms with E-state index in [0.717, 1.165) is 31.1 Å². The lowest BCUT2D eigenvalue weighted by Crippen LogP contribution is -2.61. The first-order valence-electron chi connectivity index (χ1n) is 25.4. The molecule has 1 aromatic carbocycles. The normalized spacial score (nSPS) is 25.2. The second kappa shape index (κ2) is 28.5. The number of unbranched alkanes of at least 4 members (excludes halogenated alkanes) is 5. The molecule has 3 heterocycles. The van der Waals surface area contributed by atoms with E-state index in [1.165, 1.54) is 54.0 Å². The van der Waals surface area contributed by atoms with Crippen LogP contribution in [-0.4, -0.2) is 130 Å². The Kier molecular flexibility index (Phi) is 23.4. The number of hydrogen-bond donors (Lipinski definition) is 8. The smallest absolute Gasteiger partial charge is 0.245 e. The van der Waals surface area contributed by atoms with E-state index in [9.17, 15) is 43.8 Å². The molecule has 9 N–H and O–H groups in total. The molecule has 4 rings (SSSR count). The first-order valence-corrected chi connectivity index (χ1v) is 25.4. The molecule has 0 aliphatic carbocycles. The Morgan fingerprint density at radius 2 is 1.36 bits per heavy atom. The number of aliphatic hydroxyl groups is 1. The SMILES string of the molecule is CC[C@H](C)C[C@H](C)CCCCCCCCC(=O)N[C@H]1CCCNC(=O)[C@@H]2CCCN2C(=O)[C@H](CCCN)NC(=O)[C@H]([C@H](O)Cc2ccc(O)cc2)NC(=O)[C@@H]2CCCN2C(=O)[C@H](CC)NC1=O. The number of carbonyl (C=O) groups is 7. The maximum Gasteiger partial charge on any atom is 0.245 e. The summed E-state index contributed by atoms with van der Waals surface area (Å²) in [5.41, 5.74) is 6.40. The van der Waals surface area contributed by atoms with Crippen molar-refractivity contribution in [1.82, 2.24) is 36.4 Å². The molecule has 3 aliphatic heterocycles. The third-order valence-electron chi connectivity index (χ3n) is 13.8. The van der Waals surface area contributed by atoms with Crippen molar-refractivity contribution in [3.05, 3.63) is 29.8 Å². The molecular formula is C50H82N8O9. The van der Waals surface area contributed by atoms with Crippen LogP contribution in [0.5, 0.6) is 5.75 Å². The minimum absolute atomic E-state index is 0.00449. The number of aliphatic hydroxyl groups excluding tert-OH is 1. The van der Waals surface area contributed by atoms with Gasteiger partial charge in [0.05, 0.1) is 6.10 Å². The molecule has 0 radical (unpaired) electrons. The number of phenolic OH excluding ortho intramolecular Hbond substituents is 1. The Morgan fingerprint density at radius 3 is 2.00 bits per heavy atom. The highest BCUT2D eigenvalue weighted by Gasteiger charge is 2.42. The predicted octanol–water partition coefficient (Wildman–Crippen LogP) is 3.47. The second-order valence-electron chi connectivity index (χ2n) is 19.3. The number of nitrogens with two attached hydrogens (primary N) is 1. The largest absolute Gasteiger partial charge is 0.508 e. The van der Waals surface area contributed by atoms with Crippen molar-refractivity contribution in [2.45, 2.75) is 198 Å². The molecule has 17 nitrogen and oxygen atoms in total. The Balaban J connectivity index is 1.52. The van der Waals surface area contributed by atoms with E-state index >= 15 is 0 Å². The third-order valence-corrected chi connectivity index (χ3v) is 13.8. The van der Waals surface area contributed by atoms with E-state index < -0.39 is 77.8 Å². The molecule has 3 saturated heterocycles. The van der Waals surface area contributed by atoms with Crippen LogP contribution in [0.3, 0.4) is 0 Å². The standard InChI is InChI=1S/C50H82N8O9/c1-5-33(3)31-34(4)17-11-9-7-8-10-12-22-43(61)53-38-19-14-28-52-46(63)40-20-15-29-57(40)50(67)39(18-13-27-51)55-48(65)44(42(60)32-35-23-25-36(59)26-24-35)56-47(64)41-21-16-30-58(41)49(66)37(6-2)54-45(38)62/h23-26,33-34,37-42,44,59-60H,5-22,27-32,51H2,1-4H3,(H,52,63)(H,53,61)(H,54,62)(H,55,65)(H,56,64)/t33-,34+,37-,38-,39-,40-,41-,42+,44-/m0/s1. The van der Waals surface area contributed by atoms with E-state index in [1.54, 1.807) is 19.1 Å². The van der Waals surface area contributed by atoms with Crippen molar-refractivity contribution in [2.75, 3.05) is 26.2 Å². The van der Waals surface area contributed by atoms with Crippen LogP contribution in [0, 0.1) is 11.8 Å². The zero-order chi connectivity index (χ0) is 48.9. The van der Waals surface area contributed by atoms with E-state index in [2.05, 4.69) is 47.4 Å². The summed E-state index contributed by atoms with van der Waals surface area (Å²) in [6, 6.07) is -0.590. The minimum Gasteiger partial charge on any atom is -0.508 e. The molecule has 0 saturated carbocycles. The second-order valence-corrected chi connectivity index (χ2v) is 19.3. The summed E-state index contributed by atoms with van der Waals surface area (Å²) in [7, 11) is 0. The molecule has 67 heavy (non-hydrogen) atoms. The first kappa shape index (κ1) is 54.8. The molecule has 0 bridgehead atoms. The molecule has 3 aliphatic rings. The Labute approximate surface area is 398 Å². The zero-order valence-corrected chi connectivity index (χ0v) is 40.7. The van der Waals surface area contributed by atoms with Crippen molar-refractivity contribution in [1.29, 1.82) is 0 Å². The van der Waals surface area contributed by atoms with Crippen molar-refractivity contribution >= 4 is 41.4 Å². The van der Waals surface area contributed by atoms with Gasteiger partial charge in [-0.1, -0.05) is 84.8 Å². The Hall–Kier alpha value is -4.77. The van der Waals surface area contributed by atoms with Gasteiger partial charge in [0, 0.05) is 32.5 Å². The number of nitrogens with one attached hydrogen (secondary N) is 5. The quantitative estimate of drug-likeness (QED) is 0.0885. The summed E-state index contributed by atoms with van der Waals surface area (Å²) >= 11 is 0. The lowest BCUT2D eigenvalue weighted by molar-refractivity contribution is -0.144. The highest BCUT2D eigenvalue weighted by Crippen LogP contribution is 2.24. The van der Waals surface area contributed by atoms with Gasteiger partial charge in [-0.2, -0.15) is 0 Å². The highest BCUT2D eigenvalue weighted by molar-refractivity contribution is 5.97. The van der Waals surface area contributed by atoms with Crippen LogP contribution >= 0.6 is 0 Å². The van der Waals surface area contributed by atoms with Crippen LogP contribution in [0.1, 0.15) is 155 Å². The van der Waals surface area contributed by atoms with Crippen molar-refractivity contribution in [2.24, 2.45) is 17.6 Å². The van der Waals surface area contributed by atoms with Crippen molar-refractivity contribution < 1.29 is 43.8 Å². The summed E-state index contributed by atoms with van der Waals surface area (Å²) in [4.78, 5) is 101. The third kappa shape index (κ3) is 17.4. The maximum absolute atomic E-state index is 14.2. The fourth-order valence-corrected chi connectivity index (χ4v) is 9.66. The fourth-order valence-electron chi connectivity index (χ4n) is 9.66. The van der Waals surface area contributed by atoms with Crippen LogP contribution in [0.15, 0.2) is 24.3 Å². The zero-order valence-electron chi connectivity index (χ0n) is 40.7. The number of benzene rings is 1. The predicted molar refractivity (Wildman–Crippen MR) is 256 cm³/mol. The van der Waals surface area contributed by atoms with Crippen LogP contribution in [0.25, 0.3) is 0 Å². The lowest BCUT2D eigenvalue weighted by Gasteiger charge is -2.32.